The summed E-state index contributed by atoms with van der Waals surface area (Å²) in [5, 5.41) is 0.993. The first-order valence-electron chi connectivity index (χ1n) is 10.9. The predicted molar refractivity (Wildman–Crippen MR) is 120 cm³/mol. The smallest absolute Gasteiger partial charge is 0.137 e. The van der Waals surface area contributed by atoms with Crippen LogP contribution in [0.15, 0.2) is 49.2 Å². The van der Waals surface area contributed by atoms with Crippen molar-refractivity contribution in [3.8, 4) is 22.6 Å². The van der Waals surface area contributed by atoms with Crippen LogP contribution < -0.4 is 0 Å². The van der Waals surface area contributed by atoms with Crippen LogP contribution in [0, 0.1) is 0 Å². The summed E-state index contributed by atoms with van der Waals surface area (Å²) >= 11 is 0. The molecule has 0 aliphatic carbocycles. The van der Waals surface area contributed by atoms with E-state index in [1.807, 2.05) is 42.2 Å². The molecular formula is C24H27FN6. The lowest BCUT2D eigenvalue weighted by Crippen LogP contribution is -2.42. The summed E-state index contributed by atoms with van der Waals surface area (Å²) < 4.78 is 17.8. The first-order chi connectivity index (χ1) is 15.1. The highest BCUT2D eigenvalue weighted by Gasteiger charge is 2.35. The van der Waals surface area contributed by atoms with Crippen molar-refractivity contribution in [2.24, 2.45) is 0 Å². The molecule has 0 aromatic carbocycles. The number of fused-ring (bicyclic) bond motifs is 1. The van der Waals surface area contributed by atoms with Gasteiger partial charge < -0.3 is 14.5 Å². The molecule has 5 rings (SSSR count). The number of hydrogen-bond donors (Lipinski definition) is 1. The Balaban J connectivity index is 1.63. The average Bonchev–Trinajstić information content (AvgIpc) is 3.43. The quantitative estimate of drug-likeness (QED) is 0.519. The summed E-state index contributed by atoms with van der Waals surface area (Å²) in [7, 11) is 2.05. The third-order valence-corrected chi connectivity index (χ3v) is 6.37. The molecule has 0 amide bonds. The molecular weight excluding hydrogens is 391 g/mol. The molecule has 31 heavy (non-hydrogen) atoms. The second kappa shape index (κ2) is 7.89. The van der Waals surface area contributed by atoms with Gasteiger partial charge >= 0.3 is 0 Å². The molecule has 0 radical (unpaired) electrons. The summed E-state index contributed by atoms with van der Waals surface area (Å²) in [5.74, 6) is 0. The van der Waals surface area contributed by atoms with Crippen molar-refractivity contribution in [3.05, 3.63) is 54.7 Å². The van der Waals surface area contributed by atoms with E-state index in [9.17, 15) is 0 Å². The normalized spacial score (nSPS) is 16.7. The molecule has 160 valence electrons. The van der Waals surface area contributed by atoms with E-state index < -0.39 is 5.67 Å². The van der Waals surface area contributed by atoms with Gasteiger partial charge in [0.05, 0.1) is 24.3 Å². The third-order valence-electron chi connectivity index (χ3n) is 6.37. The molecule has 0 bridgehead atoms. The number of aryl methyl sites for hydroxylation is 1. The van der Waals surface area contributed by atoms with E-state index >= 15 is 4.39 Å². The fourth-order valence-corrected chi connectivity index (χ4v) is 4.40. The highest BCUT2D eigenvalue weighted by Crippen LogP contribution is 2.37. The first kappa shape index (κ1) is 19.9. The zero-order valence-corrected chi connectivity index (χ0v) is 18.0. The number of halogens is 1. The van der Waals surface area contributed by atoms with Crippen LogP contribution in [0.25, 0.3) is 33.7 Å². The summed E-state index contributed by atoms with van der Waals surface area (Å²) in [6, 6.07) is 8.07. The molecule has 1 fully saturated rings. The number of hydrogen-bond acceptors (Lipinski definition) is 4. The molecule has 5 heterocycles. The second-order valence-corrected chi connectivity index (χ2v) is 8.53. The van der Waals surface area contributed by atoms with Crippen LogP contribution in [0.2, 0.25) is 0 Å². The van der Waals surface area contributed by atoms with Crippen LogP contribution in [0.5, 0.6) is 0 Å². The van der Waals surface area contributed by atoms with E-state index in [0.717, 1.165) is 53.2 Å². The highest BCUT2D eigenvalue weighted by molar-refractivity contribution is 5.95. The van der Waals surface area contributed by atoms with E-state index in [4.69, 9.17) is 4.98 Å². The van der Waals surface area contributed by atoms with Crippen LogP contribution in [0.4, 0.5) is 4.39 Å². The van der Waals surface area contributed by atoms with E-state index in [0.29, 0.717) is 12.8 Å². The lowest BCUT2D eigenvalue weighted by atomic mass is 9.93. The number of alkyl halides is 1. The molecule has 7 heteroatoms. The zero-order valence-electron chi connectivity index (χ0n) is 18.0. The van der Waals surface area contributed by atoms with Gasteiger partial charge in [0.2, 0.25) is 0 Å². The minimum atomic E-state index is -1.25. The van der Waals surface area contributed by atoms with E-state index in [-0.39, 0.29) is 6.54 Å². The topological polar surface area (TPSA) is 62.6 Å². The molecule has 1 aliphatic heterocycles. The van der Waals surface area contributed by atoms with Gasteiger partial charge in [0.25, 0.3) is 0 Å². The molecule has 0 saturated carbocycles. The fourth-order valence-electron chi connectivity index (χ4n) is 4.40. The summed E-state index contributed by atoms with van der Waals surface area (Å²) in [6.45, 7) is 3.93. The highest BCUT2D eigenvalue weighted by atomic mass is 19.1. The summed E-state index contributed by atoms with van der Waals surface area (Å²) in [5.41, 5.74) is 4.17. The molecule has 0 unspecified atom stereocenters. The number of rotatable bonds is 5. The number of imidazole rings is 1. The fraction of sp³-hybridized carbons (Fsp3) is 0.375. The maximum Gasteiger partial charge on any atom is 0.137 e. The van der Waals surface area contributed by atoms with Crippen molar-refractivity contribution in [1.29, 1.82) is 0 Å². The Kier molecular flexibility index (Phi) is 5.06. The Morgan fingerprint density at radius 1 is 1.10 bits per heavy atom. The number of nitrogens with zero attached hydrogens (tertiary/aromatic N) is 5. The molecule has 4 aromatic rings. The molecule has 6 nitrogen and oxygen atoms in total. The van der Waals surface area contributed by atoms with E-state index in [2.05, 4.69) is 32.8 Å². The average molecular weight is 419 g/mol. The number of likely N-dealkylation sites (tertiary alicyclic amines) is 1. The minimum Gasteiger partial charge on any atom is -0.346 e. The minimum absolute atomic E-state index is 0.282. The van der Waals surface area contributed by atoms with Crippen LogP contribution in [0.1, 0.15) is 25.3 Å². The lowest BCUT2D eigenvalue weighted by Gasteiger charge is -2.35. The van der Waals surface area contributed by atoms with Gasteiger partial charge in [-0.1, -0.05) is 13.0 Å². The van der Waals surface area contributed by atoms with Crippen LogP contribution in [0.3, 0.4) is 0 Å². The van der Waals surface area contributed by atoms with Crippen LogP contribution >= 0.6 is 0 Å². The Labute approximate surface area is 181 Å². The van der Waals surface area contributed by atoms with Gasteiger partial charge in [-0.15, -0.1) is 0 Å². The van der Waals surface area contributed by atoms with Crippen molar-refractivity contribution >= 4 is 11.0 Å². The zero-order chi connectivity index (χ0) is 21.4. The number of nitrogens with one attached hydrogen (secondary N) is 1. The lowest BCUT2D eigenvalue weighted by molar-refractivity contribution is 0.0536. The monoisotopic (exact) mass is 418 g/mol. The first-order valence-corrected chi connectivity index (χ1v) is 10.9. The summed E-state index contributed by atoms with van der Waals surface area (Å²) in [6.07, 6.45) is 9.29. The van der Waals surface area contributed by atoms with Crippen molar-refractivity contribution in [3.63, 3.8) is 0 Å². The maximum absolute atomic E-state index is 15.8. The van der Waals surface area contributed by atoms with Crippen molar-refractivity contribution in [2.75, 3.05) is 20.1 Å². The van der Waals surface area contributed by atoms with Gasteiger partial charge in [-0.3, -0.25) is 4.98 Å². The Morgan fingerprint density at radius 3 is 2.68 bits per heavy atom. The Morgan fingerprint density at radius 2 is 1.94 bits per heavy atom. The Hall–Kier alpha value is -3.06. The van der Waals surface area contributed by atoms with Gasteiger partial charge in [-0.05, 0) is 50.1 Å². The maximum atomic E-state index is 15.8. The predicted octanol–water partition coefficient (Wildman–Crippen LogP) is 4.48. The summed E-state index contributed by atoms with van der Waals surface area (Å²) in [4.78, 5) is 19.2. The number of piperidine rings is 1. The SMILES string of the molecule is CCc1ccc(-c2ncn(CC3(F)CCN(C)CC3)c2-c2ccnc3[nH]ccc23)nc1. The molecule has 4 aromatic heterocycles. The standard InChI is InChI=1S/C24H27FN6/c1-3-17-4-5-20(28-14-17)21-22(18-6-10-26-23-19(18)7-11-27-23)31(16-29-21)15-24(25)8-12-30(2)13-9-24/h4-7,10-11,14,16H,3,8-9,12-13,15H2,1-2H3,(H,26,27). The molecule has 1 saturated heterocycles. The number of aromatic amines is 1. The molecule has 1 N–H and O–H groups in total. The van der Waals surface area contributed by atoms with Crippen molar-refractivity contribution in [2.45, 2.75) is 38.4 Å². The van der Waals surface area contributed by atoms with Gasteiger partial charge in [0.15, 0.2) is 0 Å². The third kappa shape index (κ3) is 3.74. The van der Waals surface area contributed by atoms with Crippen molar-refractivity contribution < 1.29 is 4.39 Å². The van der Waals surface area contributed by atoms with Crippen LogP contribution in [-0.2, 0) is 13.0 Å². The van der Waals surface area contributed by atoms with E-state index in [1.165, 1.54) is 5.56 Å². The molecule has 0 spiro atoms. The van der Waals surface area contributed by atoms with Gasteiger partial charge in [-0.2, -0.15) is 0 Å². The van der Waals surface area contributed by atoms with Crippen LogP contribution in [-0.4, -0.2) is 55.2 Å². The van der Waals surface area contributed by atoms with Gasteiger partial charge in [-0.25, -0.2) is 14.4 Å². The van der Waals surface area contributed by atoms with Gasteiger partial charge in [0, 0.05) is 42.6 Å². The number of pyridine rings is 2. The van der Waals surface area contributed by atoms with Gasteiger partial charge in [0.1, 0.15) is 17.0 Å². The largest absolute Gasteiger partial charge is 0.346 e. The number of H-pyrrole nitrogens is 1. The number of aromatic nitrogens is 5. The van der Waals surface area contributed by atoms with E-state index in [1.54, 1.807) is 12.5 Å². The van der Waals surface area contributed by atoms with Crippen molar-refractivity contribution in [1.82, 2.24) is 29.4 Å². The molecule has 0 atom stereocenters. The Bertz CT molecular complexity index is 1180. The second-order valence-electron chi connectivity index (χ2n) is 8.53. The molecule has 1 aliphatic rings.